The molecule has 6 nitrogen and oxygen atoms in total. The van der Waals surface area contributed by atoms with Crippen LogP contribution in [0.2, 0.25) is 0 Å². The van der Waals surface area contributed by atoms with Crippen LogP contribution in [0.5, 0.6) is 0 Å². The molecule has 0 radical (unpaired) electrons. The number of hydrogen-bond donors (Lipinski definition) is 2. The van der Waals surface area contributed by atoms with E-state index in [1.165, 1.54) is 0 Å². The van der Waals surface area contributed by atoms with Crippen LogP contribution in [0.3, 0.4) is 0 Å². The minimum Gasteiger partial charge on any atom is -0.375 e. The fourth-order valence-corrected chi connectivity index (χ4v) is 2.82. The number of ether oxygens (including phenoxy) is 2. The van der Waals surface area contributed by atoms with Gasteiger partial charge >= 0.3 is 0 Å². The lowest BCUT2D eigenvalue weighted by Crippen LogP contribution is -2.24. The van der Waals surface area contributed by atoms with Gasteiger partial charge in [-0.2, -0.15) is 0 Å². The van der Waals surface area contributed by atoms with Crippen LogP contribution < -0.4 is 11.5 Å². The zero-order valence-electron chi connectivity index (χ0n) is 15.0. The van der Waals surface area contributed by atoms with Gasteiger partial charge in [0, 0.05) is 11.8 Å². The van der Waals surface area contributed by atoms with Crippen molar-refractivity contribution in [2.75, 3.05) is 26.3 Å². The third-order valence-corrected chi connectivity index (χ3v) is 4.14. The normalized spacial score (nSPS) is 26.4. The predicted molar refractivity (Wildman–Crippen MR) is 98.9 cm³/mol. The van der Waals surface area contributed by atoms with Gasteiger partial charge in [-0.1, -0.05) is 0 Å². The van der Waals surface area contributed by atoms with E-state index in [0.717, 1.165) is 12.8 Å². The zero-order valence-corrected chi connectivity index (χ0v) is 16.6. The second kappa shape index (κ2) is 10.7. The lowest BCUT2D eigenvalue weighted by molar-refractivity contribution is -0.122. The van der Waals surface area contributed by atoms with Crippen LogP contribution in [0.25, 0.3) is 0 Å². The van der Waals surface area contributed by atoms with Crippen molar-refractivity contribution in [1.29, 1.82) is 0 Å². The Morgan fingerprint density at radius 1 is 0.833 bits per heavy atom. The van der Waals surface area contributed by atoms with E-state index in [4.69, 9.17) is 20.9 Å². The van der Waals surface area contributed by atoms with Gasteiger partial charge in [0.05, 0.1) is 37.5 Å². The summed E-state index contributed by atoms with van der Waals surface area (Å²) in [5.74, 6) is 0.316. The molecule has 144 valence electrons. The maximum absolute atomic E-state index is 11.1. The van der Waals surface area contributed by atoms with Crippen LogP contribution in [0.15, 0.2) is 0 Å². The van der Waals surface area contributed by atoms with Crippen molar-refractivity contribution in [3.63, 3.8) is 0 Å². The first-order chi connectivity index (χ1) is 10.1. The second-order valence-electron chi connectivity index (χ2n) is 7.28. The Bertz CT molecular complexity index is 379. The topological polar surface area (TPSA) is 105 Å². The maximum Gasteiger partial charge on any atom is 0.151 e. The fraction of sp³-hybridized carbons (Fsp3) is 0.875. The molecule has 2 saturated heterocycles. The molecule has 0 aromatic carbocycles. The van der Waals surface area contributed by atoms with Crippen LogP contribution in [0, 0.1) is 11.8 Å². The highest BCUT2D eigenvalue weighted by atomic mass is 35.5. The minimum atomic E-state index is -0.129. The number of nitrogens with two attached hydrogens (primary N) is 2. The molecule has 0 aliphatic carbocycles. The smallest absolute Gasteiger partial charge is 0.151 e. The molecular formula is C16H32Cl2N2O4. The Kier molecular flexibility index (Phi) is 11.6. The summed E-state index contributed by atoms with van der Waals surface area (Å²) in [6.07, 6.45) is 1.62. The molecule has 0 amide bonds. The van der Waals surface area contributed by atoms with E-state index >= 15 is 0 Å². The van der Waals surface area contributed by atoms with Gasteiger partial charge in [0.15, 0.2) is 11.6 Å². The molecule has 0 aromatic heterocycles. The summed E-state index contributed by atoms with van der Waals surface area (Å²) in [6, 6.07) is 0. The highest BCUT2D eigenvalue weighted by Crippen LogP contribution is 2.29. The van der Waals surface area contributed by atoms with E-state index in [2.05, 4.69) is 0 Å². The largest absolute Gasteiger partial charge is 0.375 e. The van der Waals surface area contributed by atoms with Gasteiger partial charge < -0.3 is 20.9 Å². The molecule has 24 heavy (non-hydrogen) atoms. The fourth-order valence-electron chi connectivity index (χ4n) is 2.82. The molecule has 0 spiro atoms. The van der Waals surface area contributed by atoms with Gasteiger partial charge in [-0.25, -0.2) is 0 Å². The summed E-state index contributed by atoms with van der Waals surface area (Å²) in [5.41, 5.74) is 10.2. The van der Waals surface area contributed by atoms with Crippen LogP contribution in [0.1, 0.15) is 40.5 Å². The molecule has 8 heteroatoms. The standard InChI is InChI=1S/2C8H15NO2.2ClH/c2*1-8(2)3-6(5-11-8)7(10)4-9;;/h2*6H,3-5,9H2,1-2H3;2*1H/t2*6-;;/m10../s1. The van der Waals surface area contributed by atoms with Crippen LogP contribution in [-0.2, 0) is 19.1 Å². The molecule has 2 fully saturated rings. The molecule has 0 saturated carbocycles. The first-order valence-electron chi connectivity index (χ1n) is 7.83. The Balaban J connectivity index is 0. The van der Waals surface area contributed by atoms with Crippen LogP contribution >= 0.6 is 24.8 Å². The summed E-state index contributed by atoms with van der Waals surface area (Å²) in [4.78, 5) is 22.2. The monoisotopic (exact) mass is 386 g/mol. The van der Waals surface area contributed by atoms with Crippen molar-refractivity contribution >= 4 is 36.4 Å². The van der Waals surface area contributed by atoms with Gasteiger partial charge in [-0.05, 0) is 40.5 Å². The van der Waals surface area contributed by atoms with Crippen molar-refractivity contribution in [1.82, 2.24) is 0 Å². The molecule has 0 bridgehead atoms. The van der Waals surface area contributed by atoms with Gasteiger partial charge in [0.2, 0.25) is 0 Å². The van der Waals surface area contributed by atoms with Crippen LogP contribution in [-0.4, -0.2) is 49.1 Å². The molecule has 4 N–H and O–H groups in total. The first kappa shape index (κ1) is 26.0. The van der Waals surface area contributed by atoms with Gasteiger partial charge in [0.25, 0.3) is 0 Å². The molecule has 0 aromatic rings. The third-order valence-electron chi connectivity index (χ3n) is 4.14. The molecule has 2 heterocycles. The average Bonchev–Trinajstić information content (AvgIpc) is 3.00. The molecular weight excluding hydrogens is 355 g/mol. The van der Waals surface area contributed by atoms with Crippen molar-refractivity contribution < 1.29 is 19.1 Å². The highest BCUT2D eigenvalue weighted by Gasteiger charge is 2.35. The quantitative estimate of drug-likeness (QED) is 0.758. The Morgan fingerprint density at radius 2 is 1.12 bits per heavy atom. The van der Waals surface area contributed by atoms with Crippen molar-refractivity contribution in [3.8, 4) is 0 Å². The number of carbonyl (C=O) groups excluding carboxylic acids is 2. The minimum absolute atomic E-state index is 0. The number of rotatable bonds is 4. The number of Topliss-reactive ketones (excluding diaryl/α,β-unsaturated/α-hetero) is 2. The van der Waals surface area contributed by atoms with Crippen molar-refractivity contribution in [2.45, 2.75) is 51.7 Å². The first-order valence-corrected chi connectivity index (χ1v) is 7.83. The lowest BCUT2D eigenvalue weighted by atomic mass is 9.94. The van der Waals surface area contributed by atoms with Gasteiger partial charge in [-0.3, -0.25) is 9.59 Å². The van der Waals surface area contributed by atoms with E-state index in [9.17, 15) is 9.59 Å². The second-order valence-corrected chi connectivity index (χ2v) is 7.28. The van der Waals surface area contributed by atoms with E-state index in [0.29, 0.717) is 13.2 Å². The summed E-state index contributed by atoms with van der Waals surface area (Å²) in [5, 5.41) is 0. The predicted octanol–water partition coefficient (Wildman–Crippen LogP) is 1.50. The molecule has 2 aliphatic rings. The molecule has 2 rings (SSSR count). The third kappa shape index (κ3) is 8.23. The zero-order chi connectivity index (χ0) is 17.0. The van der Waals surface area contributed by atoms with Crippen molar-refractivity contribution in [3.05, 3.63) is 0 Å². The number of halogens is 2. The SMILES string of the molecule is CC1(C)C[C@@H](C(=O)CN)CO1.CC1(C)C[C@H](C(=O)CN)CO1.Cl.Cl. The Morgan fingerprint density at radius 3 is 1.29 bits per heavy atom. The van der Waals surface area contributed by atoms with Gasteiger partial charge in [0.1, 0.15) is 0 Å². The number of ketones is 2. The lowest BCUT2D eigenvalue weighted by Gasteiger charge is -2.15. The molecule has 2 aliphatic heterocycles. The van der Waals surface area contributed by atoms with E-state index in [-0.39, 0.29) is 72.5 Å². The Labute approximate surface area is 157 Å². The van der Waals surface area contributed by atoms with E-state index < -0.39 is 0 Å². The summed E-state index contributed by atoms with van der Waals surface area (Å²) < 4.78 is 10.8. The maximum atomic E-state index is 11.1. The molecule has 2 atom stereocenters. The summed E-state index contributed by atoms with van der Waals surface area (Å²) in [6.45, 7) is 9.36. The summed E-state index contributed by atoms with van der Waals surface area (Å²) in [7, 11) is 0. The van der Waals surface area contributed by atoms with E-state index in [1.54, 1.807) is 0 Å². The summed E-state index contributed by atoms with van der Waals surface area (Å²) >= 11 is 0. The number of hydrogen-bond acceptors (Lipinski definition) is 6. The Hall–Kier alpha value is -0.240. The van der Waals surface area contributed by atoms with Gasteiger partial charge in [-0.15, -0.1) is 24.8 Å². The average molecular weight is 387 g/mol. The highest BCUT2D eigenvalue weighted by molar-refractivity contribution is 5.85. The van der Waals surface area contributed by atoms with Crippen LogP contribution in [0.4, 0.5) is 0 Å². The molecule has 0 unspecified atom stereocenters. The number of carbonyl (C=O) groups is 2. The van der Waals surface area contributed by atoms with Crippen molar-refractivity contribution in [2.24, 2.45) is 23.3 Å². The van der Waals surface area contributed by atoms with E-state index in [1.807, 2.05) is 27.7 Å².